The molecule has 7 heteroatoms. The summed E-state index contributed by atoms with van der Waals surface area (Å²) < 4.78 is 3.58. The fraction of sp³-hybridized carbons (Fsp3) is 0.0909. The van der Waals surface area contributed by atoms with Crippen molar-refractivity contribution in [3.63, 3.8) is 0 Å². The number of pyridine rings is 2. The summed E-state index contributed by atoms with van der Waals surface area (Å²) in [7, 11) is 0. The molecule has 0 aliphatic rings. The van der Waals surface area contributed by atoms with E-state index in [1.807, 2.05) is 72.2 Å². The maximum atomic E-state index is 13.3. The van der Waals surface area contributed by atoms with Crippen molar-refractivity contribution >= 4 is 28.3 Å². The molecule has 142 valence electrons. The molecule has 0 radical (unpaired) electrons. The lowest BCUT2D eigenvalue weighted by Crippen LogP contribution is -2.22. The highest BCUT2D eigenvalue weighted by Gasteiger charge is 2.15. The molecule has 6 nitrogen and oxygen atoms in total. The van der Waals surface area contributed by atoms with Gasteiger partial charge in [0, 0.05) is 24.3 Å². The van der Waals surface area contributed by atoms with Gasteiger partial charge in [0.05, 0.1) is 16.6 Å². The molecule has 29 heavy (non-hydrogen) atoms. The second-order valence-corrected chi connectivity index (χ2v) is 7.67. The van der Waals surface area contributed by atoms with Crippen LogP contribution in [0.2, 0.25) is 0 Å². The number of aromatic nitrogens is 5. The average molecular weight is 399 g/mol. The summed E-state index contributed by atoms with van der Waals surface area (Å²) in [4.78, 5) is 27.1. The van der Waals surface area contributed by atoms with Crippen LogP contribution in [0.4, 0.5) is 0 Å². The minimum atomic E-state index is -0.119. The number of hydrogen-bond acceptors (Lipinski definition) is 5. The Bertz CT molecular complexity index is 1370. The van der Waals surface area contributed by atoms with Crippen molar-refractivity contribution in [1.29, 1.82) is 0 Å². The van der Waals surface area contributed by atoms with Crippen LogP contribution in [0.15, 0.2) is 83.1 Å². The van der Waals surface area contributed by atoms with Gasteiger partial charge >= 0.3 is 0 Å². The fourth-order valence-electron chi connectivity index (χ4n) is 3.25. The van der Waals surface area contributed by atoms with Crippen molar-refractivity contribution in [2.75, 3.05) is 0 Å². The monoisotopic (exact) mass is 399 g/mol. The van der Waals surface area contributed by atoms with Gasteiger partial charge in [-0.2, -0.15) is 0 Å². The van der Waals surface area contributed by atoms with Crippen molar-refractivity contribution in [3.8, 4) is 5.82 Å². The topological polar surface area (TPSA) is 65.1 Å². The summed E-state index contributed by atoms with van der Waals surface area (Å²) in [5.41, 5.74) is 3.41. The summed E-state index contributed by atoms with van der Waals surface area (Å²) >= 11 is 1.48. The van der Waals surface area contributed by atoms with E-state index in [2.05, 4.69) is 9.97 Å². The van der Waals surface area contributed by atoms with Crippen molar-refractivity contribution in [1.82, 2.24) is 23.9 Å². The molecule has 0 aliphatic carbocycles. The molecule has 5 aromatic rings. The largest absolute Gasteiger partial charge is 0.307 e. The molecule has 0 fully saturated rings. The molecule has 0 spiro atoms. The van der Waals surface area contributed by atoms with E-state index in [1.54, 1.807) is 16.8 Å². The average Bonchev–Trinajstić information content (AvgIpc) is 3.15. The van der Waals surface area contributed by atoms with E-state index in [-0.39, 0.29) is 5.56 Å². The third-order valence-electron chi connectivity index (χ3n) is 4.64. The first-order chi connectivity index (χ1) is 14.2. The lowest BCUT2D eigenvalue weighted by Gasteiger charge is -2.12. The van der Waals surface area contributed by atoms with Gasteiger partial charge in [0.2, 0.25) is 0 Å². The third-order valence-corrected chi connectivity index (χ3v) is 5.61. The van der Waals surface area contributed by atoms with Crippen molar-refractivity contribution in [2.45, 2.75) is 17.8 Å². The number of aryl methyl sites for hydroxylation is 1. The summed E-state index contributed by atoms with van der Waals surface area (Å²) in [6, 6.07) is 17.1. The third kappa shape index (κ3) is 3.30. The van der Waals surface area contributed by atoms with Crippen LogP contribution >= 0.6 is 11.8 Å². The van der Waals surface area contributed by atoms with Gasteiger partial charge in [-0.25, -0.2) is 19.5 Å². The zero-order chi connectivity index (χ0) is 19.8. The maximum absolute atomic E-state index is 13.3. The number of rotatable bonds is 4. The molecule has 1 aromatic carbocycles. The highest BCUT2D eigenvalue weighted by Crippen LogP contribution is 2.24. The van der Waals surface area contributed by atoms with Crippen LogP contribution in [0.5, 0.6) is 0 Å². The van der Waals surface area contributed by atoms with E-state index in [1.165, 1.54) is 11.8 Å². The van der Waals surface area contributed by atoms with Gasteiger partial charge in [-0.3, -0.25) is 4.79 Å². The summed E-state index contributed by atoms with van der Waals surface area (Å²) in [5.74, 6) is 1.17. The number of fused-ring (bicyclic) bond motifs is 2. The molecular formula is C22H17N5OS. The lowest BCUT2D eigenvalue weighted by atomic mass is 10.2. The summed E-state index contributed by atoms with van der Waals surface area (Å²) in [6.45, 7) is 1.98. The molecular weight excluding hydrogens is 382 g/mol. The van der Waals surface area contributed by atoms with E-state index in [0.717, 1.165) is 16.9 Å². The van der Waals surface area contributed by atoms with Gasteiger partial charge in [0.15, 0.2) is 5.16 Å². The van der Waals surface area contributed by atoms with E-state index >= 15 is 0 Å². The minimum absolute atomic E-state index is 0.119. The highest BCUT2D eigenvalue weighted by molar-refractivity contribution is 7.98. The van der Waals surface area contributed by atoms with Crippen LogP contribution in [0.1, 0.15) is 11.3 Å². The molecule has 0 unspecified atom stereocenters. The molecule has 0 saturated heterocycles. The Morgan fingerprint density at radius 1 is 1.03 bits per heavy atom. The summed E-state index contributed by atoms with van der Waals surface area (Å²) in [6.07, 6.45) is 5.68. The predicted molar refractivity (Wildman–Crippen MR) is 115 cm³/mol. The number of para-hydroxylation sites is 1. The van der Waals surface area contributed by atoms with Crippen LogP contribution < -0.4 is 5.56 Å². The first-order valence-corrected chi connectivity index (χ1v) is 10.2. The SMILES string of the molecule is Cc1ccnc(-n2c(SCc3cn4ccccc4n3)nc3ccccc3c2=O)c1. The standard InChI is InChI=1S/C22H17N5OS/c1-15-9-10-23-20(12-15)27-21(28)17-6-2-3-7-18(17)25-22(27)29-14-16-13-26-11-5-4-8-19(26)24-16/h2-13H,14H2,1H3. The van der Waals surface area contributed by atoms with Gasteiger partial charge < -0.3 is 4.40 Å². The molecule has 0 amide bonds. The lowest BCUT2D eigenvalue weighted by molar-refractivity contribution is 0.794. The van der Waals surface area contributed by atoms with Gasteiger partial charge in [0.1, 0.15) is 11.5 Å². The smallest absolute Gasteiger partial charge is 0.267 e. The van der Waals surface area contributed by atoms with Gasteiger partial charge in [-0.05, 0) is 48.9 Å². The van der Waals surface area contributed by atoms with Crippen LogP contribution in [0, 0.1) is 6.92 Å². The Morgan fingerprint density at radius 3 is 2.76 bits per heavy atom. The molecule has 0 N–H and O–H groups in total. The molecule has 0 atom stereocenters. The first kappa shape index (κ1) is 17.6. The molecule has 0 aliphatic heterocycles. The number of nitrogens with zero attached hydrogens (tertiary/aromatic N) is 5. The number of imidazole rings is 1. The van der Waals surface area contributed by atoms with Crippen LogP contribution in [0.25, 0.3) is 22.4 Å². The van der Waals surface area contributed by atoms with E-state index in [0.29, 0.717) is 27.6 Å². The molecule has 4 heterocycles. The van der Waals surface area contributed by atoms with Crippen LogP contribution in [-0.2, 0) is 5.75 Å². The second-order valence-electron chi connectivity index (χ2n) is 6.73. The quantitative estimate of drug-likeness (QED) is 0.337. The normalized spacial score (nSPS) is 11.3. The van der Waals surface area contributed by atoms with Crippen molar-refractivity contribution < 1.29 is 0 Å². The van der Waals surface area contributed by atoms with Crippen molar-refractivity contribution in [3.05, 3.63) is 94.8 Å². The Labute approximate surface area is 170 Å². The Hall–Kier alpha value is -3.45. The van der Waals surface area contributed by atoms with Gasteiger partial charge in [-0.15, -0.1) is 0 Å². The molecule has 5 rings (SSSR count). The zero-order valence-corrected chi connectivity index (χ0v) is 16.5. The van der Waals surface area contributed by atoms with E-state index in [9.17, 15) is 4.79 Å². The van der Waals surface area contributed by atoms with E-state index < -0.39 is 0 Å². The molecule has 0 bridgehead atoms. The number of hydrogen-bond donors (Lipinski definition) is 0. The van der Waals surface area contributed by atoms with Gasteiger partial charge in [0.25, 0.3) is 5.56 Å². The maximum Gasteiger partial charge on any atom is 0.267 e. The first-order valence-electron chi connectivity index (χ1n) is 9.19. The number of benzene rings is 1. The molecule has 4 aromatic heterocycles. The fourth-order valence-corrected chi connectivity index (χ4v) is 4.13. The Kier molecular flexibility index (Phi) is 4.37. The Morgan fingerprint density at radius 2 is 1.90 bits per heavy atom. The van der Waals surface area contributed by atoms with Gasteiger partial charge in [-0.1, -0.05) is 30.0 Å². The minimum Gasteiger partial charge on any atom is -0.307 e. The predicted octanol–water partition coefficient (Wildman–Crippen LogP) is 4.03. The Balaban J connectivity index is 1.61. The number of thioether (sulfide) groups is 1. The van der Waals surface area contributed by atoms with Crippen molar-refractivity contribution in [2.24, 2.45) is 0 Å². The molecule has 0 saturated carbocycles. The van der Waals surface area contributed by atoms with E-state index in [4.69, 9.17) is 4.98 Å². The summed E-state index contributed by atoms with van der Waals surface area (Å²) in [5, 5.41) is 1.18. The zero-order valence-electron chi connectivity index (χ0n) is 15.7. The van der Waals surface area contributed by atoms with Crippen LogP contribution in [-0.4, -0.2) is 23.9 Å². The van der Waals surface area contributed by atoms with Crippen LogP contribution in [0.3, 0.4) is 0 Å². The second kappa shape index (κ2) is 7.18. The highest BCUT2D eigenvalue weighted by atomic mass is 32.2.